The predicted molar refractivity (Wildman–Crippen MR) is 42.1 cm³/mol. The van der Waals surface area contributed by atoms with Gasteiger partial charge in [-0.3, -0.25) is 0 Å². The van der Waals surface area contributed by atoms with Crippen LogP contribution in [0.2, 0.25) is 0 Å². The zero-order chi connectivity index (χ0) is 8.97. The van der Waals surface area contributed by atoms with Gasteiger partial charge < -0.3 is 14.5 Å². The summed E-state index contributed by atoms with van der Waals surface area (Å²) in [4.78, 5) is 10.5. The molecule has 0 amide bonds. The third kappa shape index (κ3) is 1.79. The van der Waals surface area contributed by atoms with Crippen LogP contribution in [0.3, 0.4) is 0 Å². The van der Waals surface area contributed by atoms with Crippen LogP contribution < -0.4 is 4.76 Å². The van der Waals surface area contributed by atoms with E-state index in [9.17, 15) is 4.79 Å². The fourth-order valence-electron chi connectivity index (χ4n) is 0.754. The summed E-state index contributed by atoms with van der Waals surface area (Å²) < 4.78 is 10.7. The van der Waals surface area contributed by atoms with Crippen LogP contribution in [0.15, 0.2) is 18.3 Å². The van der Waals surface area contributed by atoms with Crippen LogP contribution in [-0.4, -0.2) is 30.6 Å². The van der Waals surface area contributed by atoms with Gasteiger partial charge in [0, 0.05) is 13.3 Å². The molecule has 0 bridgehead atoms. The van der Waals surface area contributed by atoms with E-state index in [1.807, 2.05) is 0 Å². The Balaban J connectivity index is 2.70. The van der Waals surface area contributed by atoms with Crippen LogP contribution in [-0.2, 0) is 4.65 Å². The molecule has 0 aliphatic heterocycles. The molecule has 0 aliphatic carbocycles. The predicted octanol–water partition coefficient (Wildman–Crippen LogP) is -0.472. The number of carbonyl (C=O) groups is 1. The van der Waals surface area contributed by atoms with Gasteiger partial charge in [0.2, 0.25) is 0 Å². The molecule has 0 radical (unpaired) electrons. The average molecular weight is 169 g/mol. The van der Waals surface area contributed by atoms with Crippen LogP contribution in [0.5, 0.6) is 0 Å². The van der Waals surface area contributed by atoms with E-state index < -0.39 is 5.97 Å². The quantitative estimate of drug-likeness (QED) is 0.618. The minimum atomic E-state index is -1.03. The van der Waals surface area contributed by atoms with E-state index in [4.69, 9.17) is 9.86 Å². The van der Waals surface area contributed by atoms with Gasteiger partial charge in [0.25, 0.3) is 0 Å². The third-order valence-electron chi connectivity index (χ3n) is 1.24. The second-order valence-electron chi connectivity index (χ2n) is 2.06. The van der Waals surface area contributed by atoms with Gasteiger partial charge >= 0.3 is 13.7 Å². The van der Waals surface area contributed by atoms with Crippen molar-refractivity contribution in [3.8, 4) is 0 Å². The van der Waals surface area contributed by atoms with Crippen molar-refractivity contribution >= 4 is 13.7 Å². The first-order chi connectivity index (χ1) is 5.75. The lowest BCUT2D eigenvalue weighted by Gasteiger charge is -2.05. The first kappa shape index (κ1) is 8.67. The van der Waals surface area contributed by atoms with E-state index in [0.29, 0.717) is 0 Å². The maximum atomic E-state index is 10.5. The van der Waals surface area contributed by atoms with Crippen molar-refractivity contribution in [2.75, 3.05) is 7.11 Å². The molecule has 6 heteroatoms. The Hall–Kier alpha value is -1.43. The lowest BCUT2D eigenvalue weighted by molar-refractivity contribution is 0.0663. The minimum absolute atomic E-state index is 0.0228. The summed E-state index contributed by atoms with van der Waals surface area (Å²) in [6.45, 7) is 0. The van der Waals surface area contributed by atoms with Crippen molar-refractivity contribution in [2.24, 2.45) is 0 Å². The lowest BCUT2D eigenvalue weighted by Crippen LogP contribution is -2.20. The van der Waals surface area contributed by atoms with E-state index >= 15 is 0 Å². The molecule has 1 aromatic heterocycles. The number of rotatable bonds is 4. The lowest BCUT2D eigenvalue weighted by atomic mass is 10.4. The van der Waals surface area contributed by atoms with Gasteiger partial charge in [0.1, 0.15) is 0 Å². The van der Waals surface area contributed by atoms with Gasteiger partial charge in [-0.2, -0.15) is 0 Å². The van der Waals surface area contributed by atoms with E-state index in [2.05, 4.69) is 4.65 Å². The minimum Gasteiger partial charge on any atom is -0.476 e. The molecule has 0 unspecified atom stereocenters. The summed E-state index contributed by atoms with van der Waals surface area (Å²) in [6, 6.07) is 3.02. The Morgan fingerprint density at radius 2 is 2.50 bits per heavy atom. The molecule has 0 spiro atoms. The molecule has 64 valence electrons. The molecule has 5 nitrogen and oxygen atoms in total. The highest BCUT2D eigenvalue weighted by atomic mass is 16.7. The van der Waals surface area contributed by atoms with Crippen molar-refractivity contribution in [1.82, 2.24) is 4.73 Å². The molecule has 0 saturated heterocycles. The van der Waals surface area contributed by atoms with E-state index in [1.165, 1.54) is 19.4 Å². The maximum Gasteiger partial charge on any atom is 0.530 e. The first-order valence-electron chi connectivity index (χ1n) is 3.28. The Bertz CT molecular complexity index is 272. The summed E-state index contributed by atoms with van der Waals surface area (Å²) in [7, 11) is 1.49. The molecule has 12 heavy (non-hydrogen) atoms. The van der Waals surface area contributed by atoms with Gasteiger partial charge in [-0.1, -0.05) is 0 Å². The topological polar surface area (TPSA) is 60.7 Å². The normalized spacial score (nSPS) is 9.42. The van der Waals surface area contributed by atoms with Crippen LogP contribution in [0.25, 0.3) is 0 Å². The average Bonchev–Trinajstić information content (AvgIpc) is 2.48. The fraction of sp³-hybridized carbons (Fsp3) is 0.167. The molecule has 1 rings (SSSR count). The number of aromatic carboxylic acids is 1. The summed E-state index contributed by atoms with van der Waals surface area (Å²) >= 11 is 0. The SMILES string of the molecule is COBOn1cccc1C(=O)O. The van der Waals surface area contributed by atoms with E-state index in [0.717, 1.165) is 4.73 Å². The molecule has 1 N–H and O–H groups in total. The standard InChI is InChI=1S/C6H8BNO4/c1-11-7-12-8-4-2-3-5(8)6(9)10/h2-4,7H,1H3,(H,9,10). The Labute approximate surface area is 69.8 Å². The van der Waals surface area contributed by atoms with E-state index in [-0.39, 0.29) is 13.4 Å². The number of hydrogen-bond donors (Lipinski definition) is 1. The molecular formula is C6H8BNO4. The maximum absolute atomic E-state index is 10.5. The Kier molecular flexibility index (Phi) is 2.76. The number of hydrogen-bond acceptors (Lipinski definition) is 3. The summed E-state index contributed by atoms with van der Waals surface area (Å²) in [5.74, 6) is -1.03. The molecule has 0 fully saturated rings. The van der Waals surface area contributed by atoms with Gasteiger partial charge in [0.15, 0.2) is 5.69 Å². The molecule has 0 aliphatic rings. The molecule has 0 aromatic carbocycles. The fourth-order valence-corrected chi connectivity index (χ4v) is 0.754. The van der Waals surface area contributed by atoms with Crippen molar-refractivity contribution < 1.29 is 19.3 Å². The molecule has 0 saturated carbocycles. The largest absolute Gasteiger partial charge is 0.530 e. The molecular weight excluding hydrogens is 161 g/mol. The summed E-state index contributed by atoms with van der Waals surface area (Å²) in [5, 5.41) is 8.61. The van der Waals surface area contributed by atoms with Crippen molar-refractivity contribution in [3.63, 3.8) is 0 Å². The number of nitrogens with zero attached hydrogens (tertiary/aromatic N) is 1. The van der Waals surface area contributed by atoms with Crippen molar-refractivity contribution in [3.05, 3.63) is 24.0 Å². The van der Waals surface area contributed by atoms with Gasteiger partial charge in [0.05, 0.1) is 0 Å². The van der Waals surface area contributed by atoms with Crippen LogP contribution in [0.1, 0.15) is 10.5 Å². The molecule has 0 atom stereocenters. The van der Waals surface area contributed by atoms with Gasteiger partial charge in [-0.25, -0.2) is 9.52 Å². The summed E-state index contributed by atoms with van der Waals surface area (Å²) in [6.07, 6.45) is 1.50. The van der Waals surface area contributed by atoms with Gasteiger partial charge in [-0.15, -0.1) is 0 Å². The van der Waals surface area contributed by atoms with Crippen molar-refractivity contribution in [1.29, 1.82) is 0 Å². The number of carboxylic acids is 1. The monoisotopic (exact) mass is 169 g/mol. The molecule has 1 aromatic rings. The Morgan fingerprint density at radius 1 is 1.75 bits per heavy atom. The van der Waals surface area contributed by atoms with Crippen molar-refractivity contribution in [2.45, 2.75) is 0 Å². The van der Waals surface area contributed by atoms with Crippen LogP contribution in [0.4, 0.5) is 0 Å². The zero-order valence-electron chi connectivity index (χ0n) is 6.56. The third-order valence-corrected chi connectivity index (χ3v) is 1.24. The smallest absolute Gasteiger partial charge is 0.476 e. The summed E-state index contributed by atoms with van der Waals surface area (Å²) in [5.41, 5.74) is 0.0760. The van der Waals surface area contributed by atoms with E-state index in [1.54, 1.807) is 6.07 Å². The molecule has 1 heterocycles. The highest BCUT2D eigenvalue weighted by molar-refractivity contribution is 6.18. The first-order valence-corrected chi connectivity index (χ1v) is 3.28. The van der Waals surface area contributed by atoms with Gasteiger partial charge in [-0.05, 0) is 12.1 Å². The zero-order valence-corrected chi connectivity index (χ0v) is 6.56. The Morgan fingerprint density at radius 3 is 3.08 bits per heavy atom. The number of aromatic nitrogens is 1. The second-order valence-corrected chi connectivity index (χ2v) is 2.06. The number of carboxylic acid groups (broad SMARTS) is 1. The van der Waals surface area contributed by atoms with Crippen LogP contribution in [0, 0.1) is 0 Å². The highest BCUT2D eigenvalue weighted by Gasteiger charge is 2.08. The second kappa shape index (κ2) is 3.82. The van der Waals surface area contributed by atoms with Crippen LogP contribution >= 0.6 is 0 Å². The highest BCUT2D eigenvalue weighted by Crippen LogP contribution is 1.98.